The average Bonchev–Trinajstić information content (AvgIpc) is 2.64. The van der Waals surface area contributed by atoms with Gasteiger partial charge >= 0.3 is 0 Å². The van der Waals surface area contributed by atoms with Gasteiger partial charge in [-0.2, -0.15) is 0 Å². The first kappa shape index (κ1) is 28.1. The average molecular weight is 447 g/mol. The van der Waals surface area contributed by atoms with E-state index in [1.807, 2.05) is 0 Å². The molecule has 0 aromatic rings. The highest BCUT2D eigenvalue weighted by Crippen LogP contribution is 2.38. The maximum absolute atomic E-state index is 12.3. The second kappa shape index (κ2) is 12.3. The molecular formula is C28H50O2Si. The van der Waals surface area contributed by atoms with Gasteiger partial charge in [-0.25, -0.2) is 0 Å². The molecule has 3 heteroatoms. The summed E-state index contributed by atoms with van der Waals surface area (Å²) in [5, 5.41) is 0.200. The molecule has 1 fully saturated rings. The topological polar surface area (TPSA) is 26.3 Å². The molecule has 0 radical (unpaired) electrons. The molecule has 31 heavy (non-hydrogen) atoms. The second-order valence-corrected chi connectivity index (χ2v) is 16.5. The van der Waals surface area contributed by atoms with E-state index in [-0.39, 0.29) is 16.6 Å². The predicted molar refractivity (Wildman–Crippen MR) is 139 cm³/mol. The van der Waals surface area contributed by atoms with Crippen LogP contribution in [0.3, 0.4) is 0 Å². The molecule has 0 spiro atoms. The molecule has 0 bridgehead atoms. The standard InChI is InChI=1S/C28H50O2Si/c1-23(2)15-14-16-24(3)19-20-25(30-31(8,9)27(4,5)6)17-10-12-21-28(7)22-13-11-18-26(28)29/h10,12,15,17,21,24-25H,11,13-14,16,18-20,22H2,1-9H3/b17-10+,21-12+/t24-,25-,28+/m0/s1. The Morgan fingerprint density at radius 3 is 2.39 bits per heavy atom. The van der Waals surface area contributed by atoms with Crippen LogP contribution in [0.5, 0.6) is 0 Å². The molecule has 178 valence electrons. The lowest BCUT2D eigenvalue weighted by atomic mass is 9.74. The quantitative estimate of drug-likeness (QED) is 0.180. The number of allylic oxidation sites excluding steroid dienone is 5. The minimum Gasteiger partial charge on any atom is -0.411 e. The van der Waals surface area contributed by atoms with Gasteiger partial charge in [0, 0.05) is 11.8 Å². The number of Topliss-reactive ketones (excluding diaryl/α,β-unsaturated/α-hetero) is 1. The molecule has 0 N–H and O–H groups in total. The van der Waals surface area contributed by atoms with Crippen LogP contribution in [0.1, 0.15) is 99.8 Å². The van der Waals surface area contributed by atoms with Gasteiger partial charge < -0.3 is 4.43 Å². The Morgan fingerprint density at radius 2 is 1.81 bits per heavy atom. The number of carbonyl (C=O) groups excluding carboxylic acids is 1. The highest BCUT2D eigenvalue weighted by molar-refractivity contribution is 6.74. The smallest absolute Gasteiger partial charge is 0.192 e. The summed E-state index contributed by atoms with van der Waals surface area (Å²) in [6.45, 7) is 20.4. The van der Waals surface area contributed by atoms with Gasteiger partial charge in [0.05, 0.1) is 6.10 Å². The van der Waals surface area contributed by atoms with E-state index in [0.29, 0.717) is 11.7 Å². The van der Waals surface area contributed by atoms with E-state index < -0.39 is 8.32 Å². The summed E-state index contributed by atoms with van der Waals surface area (Å²) < 4.78 is 6.77. The predicted octanol–water partition coefficient (Wildman–Crippen LogP) is 8.80. The van der Waals surface area contributed by atoms with E-state index in [2.05, 4.69) is 91.9 Å². The van der Waals surface area contributed by atoms with E-state index in [0.717, 1.165) is 32.1 Å². The molecule has 1 aliphatic rings. The van der Waals surface area contributed by atoms with Crippen molar-refractivity contribution in [3.8, 4) is 0 Å². The van der Waals surface area contributed by atoms with Gasteiger partial charge in [-0.3, -0.25) is 4.79 Å². The highest BCUT2D eigenvalue weighted by Gasteiger charge is 2.38. The summed E-state index contributed by atoms with van der Waals surface area (Å²) in [5.74, 6) is 1.09. The third-order valence-corrected chi connectivity index (χ3v) is 11.8. The first-order chi connectivity index (χ1) is 14.3. The Kier molecular flexibility index (Phi) is 11.2. The first-order valence-electron chi connectivity index (χ1n) is 12.5. The molecule has 0 aromatic heterocycles. The van der Waals surface area contributed by atoms with Crippen molar-refractivity contribution in [1.82, 2.24) is 0 Å². The number of hydrogen-bond donors (Lipinski definition) is 0. The number of rotatable bonds is 11. The lowest BCUT2D eigenvalue weighted by Gasteiger charge is -2.39. The lowest BCUT2D eigenvalue weighted by molar-refractivity contribution is -0.127. The van der Waals surface area contributed by atoms with Crippen LogP contribution in [-0.2, 0) is 9.22 Å². The monoisotopic (exact) mass is 446 g/mol. The van der Waals surface area contributed by atoms with E-state index in [4.69, 9.17) is 4.43 Å². The minimum atomic E-state index is -1.84. The van der Waals surface area contributed by atoms with Crippen molar-refractivity contribution in [3.63, 3.8) is 0 Å². The summed E-state index contributed by atoms with van der Waals surface area (Å²) in [5.41, 5.74) is 1.13. The molecule has 0 heterocycles. The van der Waals surface area contributed by atoms with Crippen molar-refractivity contribution in [3.05, 3.63) is 36.0 Å². The number of carbonyl (C=O) groups is 1. The van der Waals surface area contributed by atoms with Gasteiger partial charge in [0.15, 0.2) is 8.32 Å². The third-order valence-electron chi connectivity index (χ3n) is 7.30. The zero-order chi connectivity index (χ0) is 23.7. The molecule has 1 aliphatic carbocycles. The minimum absolute atomic E-state index is 0.145. The van der Waals surface area contributed by atoms with Gasteiger partial charge in [-0.1, -0.05) is 70.1 Å². The molecule has 0 aliphatic heterocycles. The summed E-state index contributed by atoms with van der Waals surface area (Å²) in [6.07, 6.45) is 19.6. The van der Waals surface area contributed by atoms with E-state index in [9.17, 15) is 4.79 Å². The molecular weight excluding hydrogens is 396 g/mol. The fourth-order valence-corrected chi connectivity index (χ4v) is 5.14. The van der Waals surface area contributed by atoms with Gasteiger partial charge in [-0.15, -0.1) is 0 Å². The molecule has 1 saturated carbocycles. The fourth-order valence-electron chi connectivity index (χ4n) is 3.83. The van der Waals surface area contributed by atoms with Crippen LogP contribution in [0.15, 0.2) is 36.0 Å². The fraction of sp³-hybridized carbons (Fsp3) is 0.750. The molecule has 0 unspecified atom stereocenters. The van der Waals surface area contributed by atoms with Crippen molar-refractivity contribution in [2.45, 2.75) is 124 Å². The van der Waals surface area contributed by atoms with Crippen LogP contribution in [0, 0.1) is 11.3 Å². The van der Waals surface area contributed by atoms with Gasteiger partial charge in [0.25, 0.3) is 0 Å². The molecule has 2 nitrogen and oxygen atoms in total. The van der Waals surface area contributed by atoms with Crippen molar-refractivity contribution in [1.29, 1.82) is 0 Å². The van der Waals surface area contributed by atoms with Crippen LogP contribution in [0.2, 0.25) is 18.1 Å². The Morgan fingerprint density at radius 1 is 1.13 bits per heavy atom. The van der Waals surface area contributed by atoms with Gasteiger partial charge in [0.2, 0.25) is 0 Å². The summed E-state index contributed by atoms with van der Waals surface area (Å²) in [6, 6.07) is 0. The van der Waals surface area contributed by atoms with Crippen LogP contribution >= 0.6 is 0 Å². The Labute approximate surface area is 194 Å². The van der Waals surface area contributed by atoms with Crippen molar-refractivity contribution < 1.29 is 9.22 Å². The van der Waals surface area contributed by atoms with Crippen molar-refractivity contribution in [2.24, 2.45) is 11.3 Å². The number of hydrogen-bond acceptors (Lipinski definition) is 2. The van der Waals surface area contributed by atoms with E-state index >= 15 is 0 Å². The third kappa shape index (κ3) is 10.0. The molecule has 3 atom stereocenters. The van der Waals surface area contributed by atoms with Crippen LogP contribution in [0.4, 0.5) is 0 Å². The summed E-state index contributed by atoms with van der Waals surface area (Å²) in [4.78, 5) is 12.3. The van der Waals surface area contributed by atoms with Gasteiger partial charge in [0.1, 0.15) is 5.78 Å². The van der Waals surface area contributed by atoms with E-state index in [1.165, 1.54) is 24.8 Å². The summed E-state index contributed by atoms with van der Waals surface area (Å²) >= 11 is 0. The lowest BCUT2D eigenvalue weighted by Crippen LogP contribution is -2.43. The highest BCUT2D eigenvalue weighted by atomic mass is 28.4. The van der Waals surface area contributed by atoms with Crippen molar-refractivity contribution >= 4 is 14.1 Å². The molecule has 1 rings (SSSR count). The van der Waals surface area contributed by atoms with E-state index in [1.54, 1.807) is 0 Å². The Balaban J connectivity index is 2.79. The molecule has 0 amide bonds. The molecule has 0 aromatic carbocycles. The maximum atomic E-state index is 12.3. The Bertz CT molecular complexity index is 646. The zero-order valence-electron chi connectivity index (χ0n) is 22.0. The molecule has 0 saturated heterocycles. The summed E-state index contributed by atoms with van der Waals surface area (Å²) in [7, 11) is -1.84. The second-order valence-electron chi connectivity index (χ2n) is 11.7. The normalized spacial score (nSPS) is 22.8. The number of ketones is 1. The van der Waals surface area contributed by atoms with Crippen LogP contribution in [-0.4, -0.2) is 20.2 Å². The van der Waals surface area contributed by atoms with Gasteiger partial charge in [-0.05, 0) is 83.3 Å². The van der Waals surface area contributed by atoms with Crippen LogP contribution < -0.4 is 0 Å². The maximum Gasteiger partial charge on any atom is 0.192 e. The zero-order valence-corrected chi connectivity index (χ0v) is 23.0. The van der Waals surface area contributed by atoms with Crippen molar-refractivity contribution in [2.75, 3.05) is 0 Å². The Hall–Kier alpha value is -0.933. The largest absolute Gasteiger partial charge is 0.411 e. The first-order valence-corrected chi connectivity index (χ1v) is 15.4. The van der Waals surface area contributed by atoms with Crippen LogP contribution in [0.25, 0.3) is 0 Å². The SMILES string of the molecule is CC(C)=CCC[C@H](C)CC[C@H](/C=C/C=C/[C@]1(C)CCCCC1=O)O[Si](C)(C)C(C)(C)C.